The van der Waals surface area contributed by atoms with Crippen LogP contribution >= 0.6 is 11.6 Å². The van der Waals surface area contributed by atoms with E-state index in [1.165, 1.54) is 12.1 Å². The zero-order valence-corrected chi connectivity index (χ0v) is 14.4. The number of amides is 1. The zero-order valence-electron chi connectivity index (χ0n) is 13.7. The van der Waals surface area contributed by atoms with Crippen molar-refractivity contribution < 1.29 is 18.7 Å². The molecule has 7 heteroatoms. The molecule has 130 valence electrons. The van der Waals surface area contributed by atoms with E-state index in [0.29, 0.717) is 36.1 Å². The number of hydrogen-bond acceptors (Lipinski definition) is 5. The van der Waals surface area contributed by atoms with Gasteiger partial charge in [0.15, 0.2) is 6.61 Å². The Morgan fingerprint density at radius 2 is 2.12 bits per heavy atom. The van der Waals surface area contributed by atoms with Crippen LogP contribution in [0, 0.1) is 6.92 Å². The smallest absolute Gasteiger partial charge is 0.336 e. The predicted molar refractivity (Wildman–Crippen MR) is 91.8 cm³/mol. The Kier molecular flexibility index (Phi) is 6.63. The summed E-state index contributed by atoms with van der Waals surface area (Å²) < 4.78 is 15.8. The van der Waals surface area contributed by atoms with Gasteiger partial charge < -0.3 is 19.2 Å². The van der Waals surface area contributed by atoms with Crippen LogP contribution < -0.4 is 15.7 Å². The minimum Gasteiger partial charge on any atom is -0.482 e. The monoisotopic (exact) mass is 353 g/mol. The molecule has 1 aromatic carbocycles. The van der Waals surface area contributed by atoms with E-state index in [1.54, 1.807) is 13.0 Å². The van der Waals surface area contributed by atoms with Gasteiger partial charge in [0.05, 0.1) is 5.02 Å². The molecule has 0 aliphatic rings. The molecule has 2 aromatic rings. The third-order valence-electron chi connectivity index (χ3n) is 3.35. The Morgan fingerprint density at radius 1 is 1.33 bits per heavy atom. The quantitative estimate of drug-likeness (QED) is 0.583. The van der Waals surface area contributed by atoms with Crippen LogP contribution in [0.1, 0.15) is 18.9 Å². The highest BCUT2D eigenvalue weighted by molar-refractivity contribution is 6.32. The molecule has 0 saturated carbocycles. The first-order valence-electron chi connectivity index (χ1n) is 7.72. The standard InChI is InChI=1S/C17H20ClNO5/c1-3-22-6-4-5-19-16(20)10-23-15-9-14-12(8-13(15)18)11(2)7-17(21)24-14/h7-9H,3-6,10H2,1-2H3,(H,19,20). The lowest BCUT2D eigenvalue weighted by atomic mass is 10.1. The molecular formula is C17H20ClNO5. The number of halogens is 1. The Bertz CT molecular complexity index is 771. The third kappa shape index (κ3) is 4.97. The molecule has 0 atom stereocenters. The van der Waals surface area contributed by atoms with E-state index in [9.17, 15) is 9.59 Å². The highest BCUT2D eigenvalue weighted by atomic mass is 35.5. The summed E-state index contributed by atoms with van der Waals surface area (Å²) in [6, 6.07) is 4.58. The van der Waals surface area contributed by atoms with Gasteiger partial charge in [0.25, 0.3) is 5.91 Å². The predicted octanol–water partition coefficient (Wildman–Crippen LogP) is 2.68. The highest BCUT2D eigenvalue weighted by Crippen LogP contribution is 2.30. The maximum absolute atomic E-state index is 11.7. The first-order valence-corrected chi connectivity index (χ1v) is 8.10. The van der Waals surface area contributed by atoms with E-state index in [0.717, 1.165) is 17.4 Å². The van der Waals surface area contributed by atoms with E-state index in [4.69, 9.17) is 25.5 Å². The maximum atomic E-state index is 11.7. The van der Waals surface area contributed by atoms with Gasteiger partial charge in [-0.15, -0.1) is 0 Å². The fraction of sp³-hybridized carbons (Fsp3) is 0.412. The Morgan fingerprint density at radius 3 is 2.88 bits per heavy atom. The first kappa shape index (κ1) is 18.3. The van der Waals surface area contributed by atoms with Crippen molar-refractivity contribution in [2.24, 2.45) is 0 Å². The van der Waals surface area contributed by atoms with Gasteiger partial charge in [-0.05, 0) is 31.9 Å². The number of aryl methyl sites for hydroxylation is 1. The van der Waals surface area contributed by atoms with E-state index in [2.05, 4.69) is 5.32 Å². The van der Waals surface area contributed by atoms with Gasteiger partial charge >= 0.3 is 5.63 Å². The van der Waals surface area contributed by atoms with Crippen molar-refractivity contribution in [3.63, 3.8) is 0 Å². The minimum atomic E-state index is -0.444. The molecule has 1 heterocycles. The van der Waals surface area contributed by atoms with Crippen molar-refractivity contribution in [3.05, 3.63) is 39.2 Å². The van der Waals surface area contributed by atoms with Crippen LogP contribution in [0.4, 0.5) is 0 Å². The summed E-state index contributed by atoms with van der Waals surface area (Å²) in [5.74, 6) is 0.0377. The van der Waals surface area contributed by atoms with Gasteiger partial charge in [0, 0.05) is 37.3 Å². The second-order valence-electron chi connectivity index (χ2n) is 5.22. The summed E-state index contributed by atoms with van der Waals surface area (Å²) >= 11 is 6.17. The lowest BCUT2D eigenvalue weighted by molar-refractivity contribution is -0.123. The second-order valence-corrected chi connectivity index (χ2v) is 5.62. The molecule has 6 nitrogen and oxygen atoms in total. The summed E-state index contributed by atoms with van der Waals surface area (Å²) in [6.45, 7) is 5.33. The fourth-order valence-electron chi connectivity index (χ4n) is 2.17. The van der Waals surface area contributed by atoms with Crippen molar-refractivity contribution in [2.75, 3.05) is 26.4 Å². The second kappa shape index (κ2) is 8.70. The minimum absolute atomic E-state index is 0.171. The zero-order chi connectivity index (χ0) is 17.5. The number of nitrogens with one attached hydrogen (secondary N) is 1. The van der Waals surface area contributed by atoms with Crippen molar-refractivity contribution >= 4 is 28.5 Å². The number of fused-ring (bicyclic) bond motifs is 1. The number of benzene rings is 1. The van der Waals surface area contributed by atoms with Crippen molar-refractivity contribution in [1.82, 2.24) is 5.32 Å². The lowest BCUT2D eigenvalue weighted by Gasteiger charge is -2.10. The van der Waals surface area contributed by atoms with Gasteiger partial charge in [0.2, 0.25) is 0 Å². The number of rotatable bonds is 8. The summed E-state index contributed by atoms with van der Waals surface area (Å²) in [6.07, 6.45) is 0.737. The van der Waals surface area contributed by atoms with Crippen LogP contribution in [0.5, 0.6) is 5.75 Å². The number of carbonyl (C=O) groups is 1. The van der Waals surface area contributed by atoms with E-state index in [1.807, 2.05) is 6.92 Å². The van der Waals surface area contributed by atoms with Crippen LogP contribution in [0.2, 0.25) is 5.02 Å². The van der Waals surface area contributed by atoms with Gasteiger partial charge in [-0.3, -0.25) is 4.79 Å². The summed E-state index contributed by atoms with van der Waals surface area (Å²) in [5, 5.41) is 3.81. The summed E-state index contributed by atoms with van der Waals surface area (Å²) in [7, 11) is 0. The van der Waals surface area contributed by atoms with E-state index in [-0.39, 0.29) is 12.5 Å². The van der Waals surface area contributed by atoms with Crippen molar-refractivity contribution in [1.29, 1.82) is 0 Å². The molecule has 0 aliphatic heterocycles. The number of carbonyl (C=O) groups excluding carboxylic acids is 1. The van der Waals surface area contributed by atoms with Crippen LogP contribution in [0.3, 0.4) is 0 Å². The molecule has 24 heavy (non-hydrogen) atoms. The van der Waals surface area contributed by atoms with Crippen LogP contribution in [-0.2, 0) is 9.53 Å². The van der Waals surface area contributed by atoms with Gasteiger partial charge in [-0.25, -0.2) is 4.79 Å². The summed E-state index contributed by atoms with van der Waals surface area (Å²) in [4.78, 5) is 23.2. The van der Waals surface area contributed by atoms with Crippen LogP contribution in [0.25, 0.3) is 11.0 Å². The van der Waals surface area contributed by atoms with Crippen LogP contribution in [0.15, 0.2) is 27.4 Å². The first-order chi connectivity index (χ1) is 11.5. The molecule has 1 amide bonds. The molecule has 0 radical (unpaired) electrons. The molecule has 0 unspecified atom stereocenters. The normalized spacial score (nSPS) is 10.8. The van der Waals surface area contributed by atoms with E-state index < -0.39 is 5.63 Å². The van der Waals surface area contributed by atoms with Crippen LogP contribution in [-0.4, -0.2) is 32.3 Å². The topological polar surface area (TPSA) is 77.8 Å². The molecule has 2 rings (SSSR count). The largest absolute Gasteiger partial charge is 0.482 e. The molecular weight excluding hydrogens is 334 g/mol. The average Bonchev–Trinajstić information content (AvgIpc) is 2.53. The number of hydrogen-bond donors (Lipinski definition) is 1. The lowest BCUT2D eigenvalue weighted by Crippen LogP contribution is -2.30. The molecule has 0 spiro atoms. The molecule has 1 aromatic heterocycles. The van der Waals surface area contributed by atoms with Gasteiger partial charge in [-0.2, -0.15) is 0 Å². The molecule has 0 fully saturated rings. The third-order valence-corrected chi connectivity index (χ3v) is 3.65. The molecule has 0 bridgehead atoms. The Balaban J connectivity index is 1.96. The summed E-state index contributed by atoms with van der Waals surface area (Å²) in [5.41, 5.74) is 0.693. The molecule has 0 saturated heterocycles. The Hall–Kier alpha value is -2.05. The Labute approximate surface area is 144 Å². The fourth-order valence-corrected chi connectivity index (χ4v) is 2.39. The highest BCUT2D eigenvalue weighted by Gasteiger charge is 2.10. The number of ether oxygens (including phenoxy) is 2. The van der Waals surface area contributed by atoms with Crippen molar-refractivity contribution in [2.45, 2.75) is 20.3 Å². The van der Waals surface area contributed by atoms with Gasteiger partial charge in [-0.1, -0.05) is 11.6 Å². The maximum Gasteiger partial charge on any atom is 0.336 e. The molecule has 1 N–H and O–H groups in total. The average molecular weight is 354 g/mol. The van der Waals surface area contributed by atoms with E-state index >= 15 is 0 Å². The SMILES string of the molecule is CCOCCCNC(=O)COc1cc2oc(=O)cc(C)c2cc1Cl. The van der Waals surface area contributed by atoms with Crippen molar-refractivity contribution in [3.8, 4) is 5.75 Å². The van der Waals surface area contributed by atoms with Gasteiger partial charge in [0.1, 0.15) is 11.3 Å². The molecule has 0 aliphatic carbocycles.